The van der Waals surface area contributed by atoms with Crippen molar-refractivity contribution in [2.75, 3.05) is 20.1 Å². The van der Waals surface area contributed by atoms with Crippen molar-refractivity contribution in [2.45, 2.75) is 26.7 Å². The first-order chi connectivity index (χ1) is 7.38. The summed E-state index contributed by atoms with van der Waals surface area (Å²) in [6.07, 6.45) is 0.716. The predicted octanol–water partition coefficient (Wildman–Crippen LogP) is 0.541. The molecule has 0 aliphatic rings. The Morgan fingerprint density at radius 1 is 1.38 bits per heavy atom. The molecule has 94 valence electrons. The van der Waals surface area contributed by atoms with Crippen molar-refractivity contribution in [3.05, 3.63) is 0 Å². The van der Waals surface area contributed by atoms with Crippen molar-refractivity contribution in [2.24, 2.45) is 17.6 Å². The fourth-order valence-electron chi connectivity index (χ4n) is 1.55. The van der Waals surface area contributed by atoms with Gasteiger partial charge in [-0.2, -0.15) is 0 Å². The Morgan fingerprint density at radius 2 is 1.94 bits per heavy atom. The third-order valence-electron chi connectivity index (χ3n) is 2.43. The molecular weight excluding hydrogens is 208 g/mol. The highest BCUT2D eigenvalue weighted by atomic mass is 16.4. The van der Waals surface area contributed by atoms with Crippen LogP contribution in [0.4, 0.5) is 0 Å². The normalized spacial score (nSPS) is 12.6. The van der Waals surface area contributed by atoms with E-state index in [0.717, 1.165) is 6.42 Å². The first-order valence-electron chi connectivity index (χ1n) is 5.55. The number of carbonyl (C=O) groups excluding carboxylic acids is 1. The highest BCUT2D eigenvalue weighted by molar-refractivity contribution is 5.79. The van der Waals surface area contributed by atoms with Crippen LogP contribution in [-0.2, 0) is 9.59 Å². The number of aliphatic carboxylic acids is 1. The number of carbonyl (C=O) groups is 2. The zero-order chi connectivity index (χ0) is 12.7. The Balaban J connectivity index is 4.21. The lowest BCUT2D eigenvalue weighted by molar-refractivity contribution is -0.139. The van der Waals surface area contributed by atoms with E-state index in [1.165, 1.54) is 4.90 Å². The van der Waals surface area contributed by atoms with Gasteiger partial charge in [0.1, 0.15) is 0 Å². The first kappa shape index (κ1) is 14.9. The molecule has 0 radical (unpaired) electrons. The number of hydrogen-bond donors (Lipinski definition) is 2. The van der Waals surface area contributed by atoms with Crippen molar-refractivity contribution < 1.29 is 14.7 Å². The Kier molecular flexibility index (Phi) is 6.72. The summed E-state index contributed by atoms with van der Waals surface area (Å²) in [7, 11) is 1.62. The molecule has 0 aromatic rings. The molecule has 0 fully saturated rings. The second kappa shape index (κ2) is 7.22. The highest BCUT2D eigenvalue weighted by Crippen LogP contribution is 2.13. The second-order valence-electron chi connectivity index (χ2n) is 4.47. The minimum absolute atomic E-state index is 0.0266. The molecule has 0 aliphatic heterocycles. The van der Waals surface area contributed by atoms with Gasteiger partial charge in [0.2, 0.25) is 5.91 Å². The van der Waals surface area contributed by atoms with E-state index >= 15 is 0 Å². The molecule has 0 rings (SSSR count). The van der Waals surface area contributed by atoms with Gasteiger partial charge in [-0.05, 0) is 12.3 Å². The van der Waals surface area contributed by atoms with Crippen LogP contribution in [0, 0.1) is 11.8 Å². The Labute approximate surface area is 96.6 Å². The molecule has 16 heavy (non-hydrogen) atoms. The van der Waals surface area contributed by atoms with Crippen LogP contribution < -0.4 is 5.73 Å². The van der Waals surface area contributed by atoms with E-state index in [0.29, 0.717) is 12.5 Å². The number of carboxylic acids is 1. The molecule has 0 spiro atoms. The maximum atomic E-state index is 11.9. The third-order valence-corrected chi connectivity index (χ3v) is 2.43. The smallest absolute Gasteiger partial charge is 0.305 e. The average molecular weight is 230 g/mol. The van der Waals surface area contributed by atoms with Gasteiger partial charge in [0.15, 0.2) is 0 Å². The van der Waals surface area contributed by atoms with E-state index in [4.69, 9.17) is 10.8 Å². The summed E-state index contributed by atoms with van der Waals surface area (Å²) in [5, 5.41) is 8.52. The van der Waals surface area contributed by atoms with E-state index < -0.39 is 5.97 Å². The maximum absolute atomic E-state index is 11.9. The zero-order valence-electron chi connectivity index (χ0n) is 10.3. The monoisotopic (exact) mass is 230 g/mol. The standard InChI is InChI=1S/C11H22N2O3/c1-8(2)6-9(7-12)11(16)13(3)5-4-10(14)15/h8-9H,4-7,12H2,1-3H3,(H,14,15). The zero-order valence-corrected chi connectivity index (χ0v) is 10.3. The van der Waals surface area contributed by atoms with Gasteiger partial charge in [-0.1, -0.05) is 13.8 Å². The summed E-state index contributed by atoms with van der Waals surface area (Å²) < 4.78 is 0. The molecule has 0 saturated heterocycles. The van der Waals surface area contributed by atoms with Gasteiger partial charge < -0.3 is 15.7 Å². The van der Waals surface area contributed by atoms with Crippen molar-refractivity contribution >= 4 is 11.9 Å². The fourth-order valence-corrected chi connectivity index (χ4v) is 1.55. The second-order valence-corrected chi connectivity index (χ2v) is 4.47. The van der Waals surface area contributed by atoms with Crippen molar-refractivity contribution in [3.8, 4) is 0 Å². The van der Waals surface area contributed by atoms with Crippen molar-refractivity contribution in [1.82, 2.24) is 4.90 Å². The van der Waals surface area contributed by atoms with Gasteiger partial charge in [-0.15, -0.1) is 0 Å². The molecule has 0 saturated carbocycles. The Hall–Kier alpha value is -1.10. The van der Waals surface area contributed by atoms with Crippen molar-refractivity contribution in [1.29, 1.82) is 0 Å². The lowest BCUT2D eigenvalue weighted by atomic mass is 9.96. The van der Waals surface area contributed by atoms with Crippen LogP contribution in [0.5, 0.6) is 0 Å². The van der Waals surface area contributed by atoms with Gasteiger partial charge in [0, 0.05) is 20.1 Å². The van der Waals surface area contributed by atoms with E-state index in [9.17, 15) is 9.59 Å². The van der Waals surface area contributed by atoms with E-state index in [1.54, 1.807) is 7.05 Å². The van der Waals surface area contributed by atoms with Crippen LogP contribution in [-0.4, -0.2) is 42.0 Å². The van der Waals surface area contributed by atoms with Crippen LogP contribution in [0.2, 0.25) is 0 Å². The molecule has 3 N–H and O–H groups in total. The molecule has 1 atom stereocenters. The first-order valence-corrected chi connectivity index (χ1v) is 5.55. The Bertz CT molecular complexity index is 241. The van der Waals surface area contributed by atoms with Gasteiger partial charge in [0.05, 0.1) is 12.3 Å². The van der Waals surface area contributed by atoms with Gasteiger partial charge in [0.25, 0.3) is 0 Å². The van der Waals surface area contributed by atoms with Crippen LogP contribution in [0.3, 0.4) is 0 Å². The summed E-state index contributed by atoms with van der Waals surface area (Å²) in [5.41, 5.74) is 5.55. The summed E-state index contributed by atoms with van der Waals surface area (Å²) in [6.45, 7) is 4.62. The molecule has 1 amide bonds. The fraction of sp³-hybridized carbons (Fsp3) is 0.818. The molecule has 0 aromatic carbocycles. The number of hydrogen-bond acceptors (Lipinski definition) is 3. The summed E-state index contributed by atoms with van der Waals surface area (Å²) >= 11 is 0. The quantitative estimate of drug-likeness (QED) is 0.668. The van der Waals surface area contributed by atoms with Gasteiger partial charge in [-0.25, -0.2) is 0 Å². The molecule has 0 bridgehead atoms. The number of carboxylic acid groups (broad SMARTS) is 1. The van der Waals surface area contributed by atoms with Crippen LogP contribution >= 0.6 is 0 Å². The highest BCUT2D eigenvalue weighted by Gasteiger charge is 2.21. The van der Waals surface area contributed by atoms with Crippen LogP contribution in [0.25, 0.3) is 0 Å². The van der Waals surface area contributed by atoms with Crippen LogP contribution in [0.15, 0.2) is 0 Å². The molecule has 5 heteroatoms. The molecule has 1 unspecified atom stereocenters. The summed E-state index contributed by atoms with van der Waals surface area (Å²) in [4.78, 5) is 23.7. The molecule has 0 aliphatic carbocycles. The van der Waals surface area contributed by atoms with E-state index in [2.05, 4.69) is 0 Å². The largest absolute Gasteiger partial charge is 0.481 e. The third kappa shape index (κ3) is 5.70. The minimum Gasteiger partial charge on any atom is -0.481 e. The summed E-state index contributed by atoms with van der Waals surface area (Å²) in [6, 6.07) is 0. The molecular formula is C11H22N2O3. The Morgan fingerprint density at radius 3 is 2.31 bits per heavy atom. The molecule has 0 heterocycles. The van der Waals surface area contributed by atoms with Gasteiger partial charge in [-0.3, -0.25) is 9.59 Å². The average Bonchev–Trinajstić information content (AvgIpc) is 2.21. The van der Waals surface area contributed by atoms with E-state index in [-0.39, 0.29) is 24.8 Å². The number of nitrogens with zero attached hydrogens (tertiary/aromatic N) is 1. The molecule has 5 nitrogen and oxygen atoms in total. The van der Waals surface area contributed by atoms with E-state index in [1.807, 2.05) is 13.8 Å². The topological polar surface area (TPSA) is 83.6 Å². The lowest BCUT2D eigenvalue weighted by Gasteiger charge is -2.23. The minimum atomic E-state index is -0.896. The summed E-state index contributed by atoms with van der Waals surface area (Å²) in [5.74, 6) is -0.741. The SMILES string of the molecule is CC(C)CC(CN)C(=O)N(C)CCC(=O)O. The number of amides is 1. The molecule has 0 aromatic heterocycles. The van der Waals surface area contributed by atoms with Gasteiger partial charge >= 0.3 is 5.97 Å². The lowest BCUT2D eigenvalue weighted by Crippen LogP contribution is -2.38. The maximum Gasteiger partial charge on any atom is 0.305 e. The number of nitrogens with two attached hydrogens (primary N) is 1. The predicted molar refractivity (Wildman–Crippen MR) is 61.9 cm³/mol. The van der Waals surface area contributed by atoms with Crippen molar-refractivity contribution in [3.63, 3.8) is 0 Å². The van der Waals surface area contributed by atoms with Crippen LogP contribution in [0.1, 0.15) is 26.7 Å². The number of rotatable bonds is 7.